The summed E-state index contributed by atoms with van der Waals surface area (Å²) in [4.78, 5) is 19.3. The molecule has 0 atom stereocenters. The Bertz CT molecular complexity index is 974. The fourth-order valence-corrected chi connectivity index (χ4v) is 2.22. The summed E-state index contributed by atoms with van der Waals surface area (Å²) in [6, 6.07) is 14.6. The first-order valence-electron chi connectivity index (χ1n) is 6.93. The molecule has 2 aromatic carbocycles. The average molecular weight is 305 g/mol. The molecule has 4 aromatic rings. The van der Waals surface area contributed by atoms with E-state index in [1.54, 1.807) is 24.5 Å². The lowest BCUT2D eigenvalue weighted by Gasteiger charge is -2.00. The van der Waals surface area contributed by atoms with Crippen molar-refractivity contribution in [2.75, 3.05) is 5.32 Å². The molecule has 4 rings (SSSR count). The Morgan fingerprint density at radius 3 is 2.83 bits per heavy atom. The lowest BCUT2D eigenvalue weighted by atomic mass is 10.2. The quantitative estimate of drug-likeness (QED) is 0.606. The van der Waals surface area contributed by atoms with Gasteiger partial charge in [-0.1, -0.05) is 23.3 Å². The van der Waals surface area contributed by atoms with Gasteiger partial charge in [0.15, 0.2) is 0 Å². The molecular formula is C16H11N5O2. The second-order valence-electron chi connectivity index (χ2n) is 4.87. The zero-order valence-electron chi connectivity index (χ0n) is 11.9. The van der Waals surface area contributed by atoms with Crippen molar-refractivity contribution in [3.8, 4) is 11.5 Å². The van der Waals surface area contributed by atoms with E-state index in [2.05, 4.69) is 25.5 Å². The molecule has 0 aliphatic heterocycles. The van der Waals surface area contributed by atoms with Crippen LogP contribution >= 0.6 is 0 Å². The molecule has 0 fully saturated rings. The number of anilines is 1. The monoisotopic (exact) mass is 305 g/mol. The van der Waals surface area contributed by atoms with Crippen molar-refractivity contribution in [1.29, 1.82) is 0 Å². The number of aromatic amines is 1. The average Bonchev–Trinajstić information content (AvgIpc) is 3.24. The number of carbonyl (C=O) groups excluding carboxylic acids is 1. The number of hydrogen-bond donors (Lipinski definition) is 2. The van der Waals surface area contributed by atoms with Crippen LogP contribution in [0.1, 0.15) is 10.4 Å². The zero-order chi connectivity index (χ0) is 15.6. The lowest BCUT2D eigenvalue weighted by Crippen LogP contribution is -2.12. The molecule has 0 unspecified atom stereocenters. The highest BCUT2D eigenvalue weighted by Crippen LogP contribution is 2.20. The van der Waals surface area contributed by atoms with Crippen molar-refractivity contribution in [2.24, 2.45) is 0 Å². The van der Waals surface area contributed by atoms with Crippen LogP contribution in [0.4, 0.5) is 6.01 Å². The Balaban J connectivity index is 1.55. The first-order valence-corrected chi connectivity index (χ1v) is 6.93. The molecule has 7 nitrogen and oxygen atoms in total. The number of imidazole rings is 1. The number of rotatable bonds is 3. The first-order chi connectivity index (χ1) is 11.3. The minimum atomic E-state index is -0.329. The Morgan fingerprint density at radius 1 is 1.09 bits per heavy atom. The highest BCUT2D eigenvalue weighted by molar-refractivity contribution is 6.04. The van der Waals surface area contributed by atoms with Crippen LogP contribution in [0.2, 0.25) is 0 Å². The number of fused-ring (bicyclic) bond motifs is 1. The minimum Gasteiger partial charge on any atom is -0.403 e. The number of H-pyrrole nitrogens is 1. The second-order valence-corrected chi connectivity index (χ2v) is 4.87. The molecule has 0 saturated carbocycles. The standard InChI is InChI=1S/C16H11N5O2/c22-14(11-6-7-12-13(8-11)18-9-17-12)19-16-21-20-15(23-16)10-4-2-1-3-5-10/h1-9H,(H,17,18)(H,19,21,22). The van der Waals surface area contributed by atoms with Gasteiger partial charge in [0.05, 0.1) is 17.4 Å². The molecule has 1 amide bonds. The van der Waals surface area contributed by atoms with Gasteiger partial charge >= 0.3 is 6.01 Å². The van der Waals surface area contributed by atoms with Crippen LogP contribution in [0, 0.1) is 0 Å². The van der Waals surface area contributed by atoms with Gasteiger partial charge in [0.2, 0.25) is 5.89 Å². The van der Waals surface area contributed by atoms with Crippen LogP contribution in [-0.4, -0.2) is 26.1 Å². The van der Waals surface area contributed by atoms with Gasteiger partial charge in [0.1, 0.15) is 0 Å². The summed E-state index contributed by atoms with van der Waals surface area (Å²) in [5.74, 6) is 0.0229. The molecule has 2 aromatic heterocycles. The van der Waals surface area contributed by atoms with E-state index in [-0.39, 0.29) is 11.9 Å². The number of carbonyl (C=O) groups is 1. The van der Waals surface area contributed by atoms with Crippen LogP contribution in [0.25, 0.3) is 22.5 Å². The van der Waals surface area contributed by atoms with Gasteiger partial charge in [0.25, 0.3) is 5.91 Å². The van der Waals surface area contributed by atoms with Gasteiger partial charge in [-0.15, -0.1) is 5.10 Å². The van der Waals surface area contributed by atoms with E-state index in [1.807, 2.05) is 30.3 Å². The van der Waals surface area contributed by atoms with E-state index in [4.69, 9.17) is 4.42 Å². The molecular weight excluding hydrogens is 294 g/mol. The Labute approximate surface area is 130 Å². The highest BCUT2D eigenvalue weighted by atomic mass is 16.4. The van der Waals surface area contributed by atoms with E-state index in [0.29, 0.717) is 11.5 Å². The van der Waals surface area contributed by atoms with Gasteiger partial charge in [0, 0.05) is 11.1 Å². The molecule has 0 aliphatic carbocycles. The summed E-state index contributed by atoms with van der Waals surface area (Å²) >= 11 is 0. The van der Waals surface area contributed by atoms with Crippen molar-refractivity contribution in [3.05, 3.63) is 60.4 Å². The van der Waals surface area contributed by atoms with Gasteiger partial charge in [-0.2, -0.15) is 0 Å². The van der Waals surface area contributed by atoms with E-state index < -0.39 is 0 Å². The lowest BCUT2D eigenvalue weighted by molar-refractivity contribution is 0.102. The van der Waals surface area contributed by atoms with Gasteiger partial charge in [-0.05, 0) is 30.3 Å². The summed E-state index contributed by atoms with van der Waals surface area (Å²) < 4.78 is 5.46. The summed E-state index contributed by atoms with van der Waals surface area (Å²) in [6.07, 6.45) is 1.58. The number of hydrogen-bond acceptors (Lipinski definition) is 5. The first kappa shape index (κ1) is 13.2. The van der Waals surface area contributed by atoms with Gasteiger partial charge in [-0.3, -0.25) is 10.1 Å². The highest BCUT2D eigenvalue weighted by Gasteiger charge is 2.13. The number of aromatic nitrogens is 4. The molecule has 112 valence electrons. The largest absolute Gasteiger partial charge is 0.403 e. The Kier molecular flexibility index (Phi) is 3.09. The fraction of sp³-hybridized carbons (Fsp3) is 0. The molecule has 2 heterocycles. The third-order valence-corrected chi connectivity index (χ3v) is 3.35. The summed E-state index contributed by atoms with van der Waals surface area (Å²) in [5, 5.41) is 10.4. The summed E-state index contributed by atoms with van der Waals surface area (Å²) in [6.45, 7) is 0. The predicted octanol–water partition coefficient (Wildman–Crippen LogP) is 2.87. The van der Waals surface area contributed by atoms with E-state index >= 15 is 0 Å². The van der Waals surface area contributed by atoms with E-state index in [9.17, 15) is 4.79 Å². The van der Waals surface area contributed by atoms with Gasteiger partial charge in [-0.25, -0.2) is 4.98 Å². The van der Waals surface area contributed by atoms with Crippen molar-refractivity contribution in [3.63, 3.8) is 0 Å². The van der Waals surface area contributed by atoms with Crippen LogP contribution in [0.15, 0.2) is 59.3 Å². The van der Waals surface area contributed by atoms with Gasteiger partial charge < -0.3 is 9.40 Å². The van der Waals surface area contributed by atoms with Crippen molar-refractivity contribution in [2.45, 2.75) is 0 Å². The number of nitrogens with one attached hydrogen (secondary N) is 2. The Morgan fingerprint density at radius 2 is 1.96 bits per heavy atom. The molecule has 7 heteroatoms. The number of amides is 1. The number of nitrogens with zero attached hydrogens (tertiary/aromatic N) is 3. The summed E-state index contributed by atoms with van der Waals surface area (Å²) in [5.41, 5.74) is 2.85. The van der Waals surface area contributed by atoms with E-state index in [0.717, 1.165) is 16.6 Å². The van der Waals surface area contributed by atoms with E-state index in [1.165, 1.54) is 0 Å². The maximum absolute atomic E-state index is 12.3. The normalized spacial score (nSPS) is 10.8. The van der Waals surface area contributed by atoms with Crippen LogP contribution in [0.5, 0.6) is 0 Å². The smallest absolute Gasteiger partial charge is 0.322 e. The van der Waals surface area contributed by atoms with Crippen LogP contribution in [0.3, 0.4) is 0 Å². The topological polar surface area (TPSA) is 96.7 Å². The maximum Gasteiger partial charge on any atom is 0.322 e. The molecule has 23 heavy (non-hydrogen) atoms. The molecule has 2 N–H and O–H groups in total. The van der Waals surface area contributed by atoms with Crippen LogP contribution < -0.4 is 5.32 Å². The maximum atomic E-state index is 12.3. The fourth-order valence-electron chi connectivity index (χ4n) is 2.22. The number of benzene rings is 2. The third-order valence-electron chi connectivity index (χ3n) is 3.35. The Hall–Kier alpha value is -3.48. The zero-order valence-corrected chi connectivity index (χ0v) is 11.9. The van der Waals surface area contributed by atoms with Crippen molar-refractivity contribution >= 4 is 23.0 Å². The summed E-state index contributed by atoms with van der Waals surface area (Å²) in [7, 11) is 0. The molecule has 0 aliphatic rings. The molecule has 0 bridgehead atoms. The molecule has 0 spiro atoms. The molecule has 0 radical (unpaired) electrons. The second kappa shape index (κ2) is 5.38. The third kappa shape index (κ3) is 2.55. The SMILES string of the molecule is O=C(Nc1nnc(-c2ccccc2)o1)c1ccc2nc[nH]c2c1. The van der Waals surface area contributed by atoms with Crippen molar-refractivity contribution < 1.29 is 9.21 Å². The van der Waals surface area contributed by atoms with Crippen molar-refractivity contribution in [1.82, 2.24) is 20.2 Å². The van der Waals surface area contributed by atoms with Crippen LogP contribution in [-0.2, 0) is 0 Å². The molecule has 0 saturated heterocycles. The minimum absolute atomic E-state index is 0.0542. The predicted molar refractivity (Wildman–Crippen MR) is 83.8 cm³/mol.